The third-order valence-corrected chi connectivity index (χ3v) is 7.05. The largest absolute Gasteiger partial charge is 0.494 e. The lowest BCUT2D eigenvalue weighted by molar-refractivity contribution is -0.139. The highest BCUT2D eigenvalue weighted by molar-refractivity contribution is 6.37. The lowest BCUT2D eigenvalue weighted by atomic mass is 10.0. The lowest BCUT2D eigenvalue weighted by Gasteiger charge is -2.27. The molecule has 1 saturated carbocycles. The van der Waals surface area contributed by atoms with E-state index < -0.39 is 0 Å². The number of benzene rings is 2. The minimum Gasteiger partial charge on any atom is -0.494 e. The molecule has 5 rings (SSSR count). The molecule has 1 aliphatic carbocycles. The Kier molecular flexibility index (Phi) is 6.21. The molecule has 2 amide bonds. The number of para-hydroxylation sites is 1. The third kappa shape index (κ3) is 4.05. The van der Waals surface area contributed by atoms with E-state index in [0.717, 1.165) is 55.5 Å². The summed E-state index contributed by atoms with van der Waals surface area (Å²) in [5.41, 5.74) is 4.12. The first-order valence-corrected chi connectivity index (χ1v) is 12.4. The van der Waals surface area contributed by atoms with Crippen molar-refractivity contribution in [2.24, 2.45) is 0 Å². The third-order valence-electron chi connectivity index (χ3n) is 7.05. The van der Waals surface area contributed by atoms with Gasteiger partial charge in [0.25, 0.3) is 11.8 Å². The van der Waals surface area contributed by atoms with Crippen LogP contribution in [0.3, 0.4) is 0 Å². The van der Waals surface area contributed by atoms with Crippen LogP contribution in [-0.4, -0.2) is 35.9 Å². The molecule has 0 radical (unpaired) electrons. The van der Waals surface area contributed by atoms with Gasteiger partial charge in [0.1, 0.15) is 11.4 Å². The highest BCUT2D eigenvalue weighted by atomic mass is 16.5. The molecule has 0 unspecified atom stereocenters. The van der Waals surface area contributed by atoms with Crippen LogP contribution in [-0.2, 0) is 16.0 Å². The van der Waals surface area contributed by atoms with E-state index in [4.69, 9.17) is 4.74 Å². The van der Waals surface area contributed by atoms with Gasteiger partial charge >= 0.3 is 0 Å². The SMILES string of the molecule is CCCOc1ccc(C2=C(N3CCc4ccccc43)C(=O)N(C3CCCCCC3)C2=O)cc1. The van der Waals surface area contributed by atoms with Gasteiger partial charge < -0.3 is 9.64 Å². The number of imide groups is 1. The second-order valence-electron chi connectivity index (χ2n) is 9.25. The maximum atomic E-state index is 13.9. The second kappa shape index (κ2) is 9.42. The molecule has 2 aliphatic heterocycles. The van der Waals surface area contributed by atoms with Gasteiger partial charge in [-0.15, -0.1) is 0 Å². The minimum atomic E-state index is -0.145. The summed E-state index contributed by atoms with van der Waals surface area (Å²) in [6.45, 7) is 3.45. The standard InChI is InChI=1S/C28H32N2O3/c1-2-19-33-23-15-13-21(14-16-23)25-26(29-18-17-20-9-7-8-12-24(20)29)28(32)30(27(25)31)22-10-5-3-4-6-11-22/h7-9,12-16,22H,2-6,10-11,17-19H2,1H3. The smallest absolute Gasteiger partial charge is 0.278 e. The number of rotatable bonds is 6. The zero-order chi connectivity index (χ0) is 22.8. The average molecular weight is 445 g/mol. The van der Waals surface area contributed by atoms with Crippen molar-refractivity contribution < 1.29 is 14.3 Å². The van der Waals surface area contributed by atoms with Crippen molar-refractivity contribution in [2.75, 3.05) is 18.1 Å². The highest BCUT2D eigenvalue weighted by Gasteiger charge is 2.45. The summed E-state index contributed by atoms with van der Waals surface area (Å²) < 4.78 is 5.74. The molecule has 0 spiro atoms. The first kappa shape index (κ1) is 21.7. The van der Waals surface area contributed by atoms with E-state index in [1.54, 1.807) is 4.90 Å². The van der Waals surface area contributed by atoms with Crippen LogP contribution in [0.25, 0.3) is 5.57 Å². The van der Waals surface area contributed by atoms with Crippen LogP contribution in [0.15, 0.2) is 54.2 Å². The Bertz CT molecular complexity index is 1060. The summed E-state index contributed by atoms with van der Waals surface area (Å²) in [5, 5.41) is 0. The number of hydrogen-bond donors (Lipinski definition) is 0. The molecule has 3 aliphatic rings. The van der Waals surface area contributed by atoms with Crippen molar-refractivity contribution in [1.82, 2.24) is 4.90 Å². The molecule has 0 atom stereocenters. The average Bonchev–Trinajstić information content (AvgIpc) is 3.23. The van der Waals surface area contributed by atoms with Crippen molar-refractivity contribution in [3.63, 3.8) is 0 Å². The van der Waals surface area contributed by atoms with Crippen molar-refractivity contribution in [3.8, 4) is 5.75 Å². The van der Waals surface area contributed by atoms with Gasteiger partial charge in [0.2, 0.25) is 0 Å². The molecule has 2 aromatic rings. The van der Waals surface area contributed by atoms with Crippen molar-refractivity contribution >= 4 is 23.1 Å². The van der Waals surface area contributed by atoms with Crippen LogP contribution in [0.4, 0.5) is 5.69 Å². The Balaban J connectivity index is 1.56. The molecule has 5 nitrogen and oxygen atoms in total. The molecule has 0 aromatic heterocycles. The zero-order valence-electron chi connectivity index (χ0n) is 19.4. The summed E-state index contributed by atoms with van der Waals surface area (Å²) in [4.78, 5) is 31.4. The normalized spacial score (nSPS) is 19.3. The number of anilines is 1. The Hall–Kier alpha value is -3.08. The van der Waals surface area contributed by atoms with Gasteiger partial charge in [-0.25, -0.2) is 0 Å². The zero-order valence-corrected chi connectivity index (χ0v) is 19.4. The number of ether oxygens (including phenoxy) is 1. The maximum absolute atomic E-state index is 13.9. The molecular weight excluding hydrogens is 412 g/mol. The Labute approximate surface area is 196 Å². The van der Waals surface area contributed by atoms with Crippen LogP contribution < -0.4 is 9.64 Å². The number of hydrogen-bond acceptors (Lipinski definition) is 4. The molecule has 2 aromatic carbocycles. The Morgan fingerprint density at radius 3 is 2.36 bits per heavy atom. The van der Waals surface area contributed by atoms with Gasteiger partial charge in [0.15, 0.2) is 0 Å². The fraction of sp³-hybridized carbons (Fsp3) is 0.429. The molecule has 2 heterocycles. The van der Waals surface area contributed by atoms with Crippen molar-refractivity contribution in [2.45, 2.75) is 64.3 Å². The molecule has 0 N–H and O–H groups in total. The van der Waals surface area contributed by atoms with E-state index in [0.29, 0.717) is 24.4 Å². The number of carbonyl (C=O) groups excluding carboxylic acids is 2. The van der Waals surface area contributed by atoms with Gasteiger partial charge in [0.05, 0.1) is 12.2 Å². The van der Waals surface area contributed by atoms with Crippen molar-refractivity contribution in [3.05, 3.63) is 65.4 Å². The highest BCUT2D eigenvalue weighted by Crippen LogP contribution is 2.40. The van der Waals surface area contributed by atoms with E-state index in [1.807, 2.05) is 36.4 Å². The minimum absolute atomic E-state index is 0.00925. The molecule has 0 bridgehead atoms. The first-order chi connectivity index (χ1) is 16.2. The summed E-state index contributed by atoms with van der Waals surface area (Å²) in [5.74, 6) is 0.505. The molecule has 0 saturated heterocycles. The van der Waals surface area contributed by atoms with E-state index in [2.05, 4.69) is 24.0 Å². The Morgan fingerprint density at radius 1 is 0.909 bits per heavy atom. The van der Waals surface area contributed by atoms with Gasteiger partial charge in [0, 0.05) is 18.3 Å². The molecule has 5 heteroatoms. The van der Waals surface area contributed by atoms with Crippen molar-refractivity contribution in [1.29, 1.82) is 0 Å². The number of fused-ring (bicyclic) bond motifs is 1. The molecular formula is C28H32N2O3. The van der Waals surface area contributed by atoms with E-state index >= 15 is 0 Å². The van der Waals surface area contributed by atoms with Crippen LogP contribution in [0.1, 0.15) is 63.0 Å². The summed E-state index contributed by atoms with van der Waals surface area (Å²) >= 11 is 0. The van der Waals surface area contributed by atoms with E-state index in [-0.39, 0.29) is 17.9 Å². The number of nitrogens with zero attached hydrogens (tertiary/aromatic N) is 2. The summed E-state index contributed by atoms with van der Waals surface area (Å²) in [7, 11) is 0. The fourth-order valence-corrected chi connectivity index (χ4v) is 5.40. The summed E-state index contributed by atoms with van der Waals surface area (Å²) in [6, 6.07) is 15.8. The fourth-order valence-electron chi connectivity index (χ4n) is 5.40. The second-order valence-corrected chi connectivity index (χ2v) is 9.25. The topological polar surface area (TPSA) is 49.9 Å². The van der Waals surface area contributed by atoms with Gasteiger partial charge in [-0.05, 0) is 55.0 Å². The predicted octanol–water partition coefficient (Wildman–Crippen LogP) is 5.34. The number of amides is 2. The quantitative estimate of drug-likeness (QED) is 0.446. The summed E-state index contributed by atoms with van der Waals surface area (Å²) in [6.07, 6.45) is 8.12. The predicted molar refractivity (Wildman–Crippen MR) is 130 cm³/mol. The molecule has 33 heavy (non-hydrogen) atoms. The maximum Gasteiger partial charge on any atom is 0.278 e. The number of carbonyl (C=O) groups is 2. The van der Waals surface area contributed by atoms with E-state index in [9.17, 15) is 9.59 Å². The van der Waals surface area contributed by atoms with Crippen LogP contribution in [0.2, 0.25) is 0 Å². The van der Waals surface area contributed by atoms with Crippen LogP contribution in [0, 0.1) is 0 Å². The first-order valence-electron chi connectivity index (χ1n) is 12.4. The van der Waals surface area contributed by atoms with Gasteiger partial charge in [-0.1, -0.05) is 62.9 Å². The van der Waals surface area contributed by atoms with Gasteiger partial charge in [-0.3, -0.25) is 14.5 Å². The Morgan fingerprint density at radius 2 is 1.64 bits per heavy atom. The monoisotopic (exact) mass is 444 g/mol. The van der Waals surface area contributed by atoms with Crippen LogP contribution in [0.5, 0.6) is 5.75 Å². The van der Waals surface area contributed by atoms with Crippen LogP contribution >= 0.6 is 0 Å². The molecule has 172 valence electrons. The lowest BCUT2D eigenvalue weighted by Crippen LogP contribution is -2.42. The van der Waals surface area contributed by atoms with E-state index in [1.165, 1.54) is 18.4 Å². The molecule has 1 fully saturated rings. The van der Waals surface area contributed by atoms with Gasteiger partial charge in [-0.2, -0.15) is 0 Å².